The van der Waals surface area contributed by atoms with Crippen LogP contribution in [0.5, 0.6) is 0 Å². The van der Waals surface area contributed by atoms with E-state index in [-0.39, 0.29) is 23.3 Å². The maximum Gasteiger partial charge on any atom is 0.326 e. The molecule has 108 valence electrons. The number of nitrogens with zero attached hydrogens (tertiary/aromatic N) is 1. The van der Waals surface area contributed by atoms with Gasteiger partial charge in [0.15, 0.2) is 0 Å². The summed E-state index contributed by atoms with van der Waals surface area (Å²) in [7, 11) is 0. The molecule has 1 heterocycles. The highest BCUT2D eigenvalue weighted by Crippen LogP contribution is 2.38. The highest BCUT2D eigenvalue weighted by atomic mass is 16.4. The second-order valence-corrected chi connectivity index (χ2v) is 6.81. The van der Waals surface area contributed by atoms with Crippen LogP contribution in [-0.2, 0) is 9.59 Å². The SMILES string of the molecule is CC1(C)CCCN(C(=O)CC2(N)CCC2)C1C(=O)O. The fraction of sp³-hybridized carbons (Fsp3) is 0.857. The zero-order valence-corrected chi connectivity index (χ0v) is 11.8. The molecular formula is C14H24N2O3. The van der Waals surface area contributed by atoms with Gasteiger partial charge < -0.3 is 15.7 Å². The fourth-order valence-electron chi connectivity index (χ4n) is 3.34. The van der Waals surface area contributed by atoms with Gasteiger partial charge in [0.05, 0.1) is 0 Å². The number of carbonyl (C=O) groups is 2. The van der Waals surface area contributed by atoms with Crippen LogP contribution in [0.2, 0.25) is 0 Å². The first kappa shape index (κ1) is 14.3. The molecule has 0 radical (unpaired) electrons. The Morgan fingerprint density at radius 2 is 1.89 bits per heavy atom. The highest BCUT2D eigenvalue weighted by Gasteiger charge is 2.46. The summed E-state index contributed by atoms with van der Waals surface area (Å²) in [5.74, 6) is -1.000. The van der Waals surface area contributed by atoms with Gasteiger partial charge in [-0.1, -0.05) is 13.8 Å². The van der Waals surface area contributed by atoms with Crippen LogP contribution in [0, 0.1) is 5.41 Å². The van der Waals surface area contributed by atoms with Crippen LogP contribution >= 0.6 is 0 Å². The Labute approximate surface area is 114 Å². The molecule has 1 aliphatic carbocycles. The number of carboxylic acid groups (broad SMARTS) is 1. The number of hydrogen-bond donors (Lipinski definition) is 2. The molecule has 0 aromatic heterocycles. The van der Waals surface area contributed by atoms with Crippen molar-refractivity contribution < 1.29 is 14.7 Å². The Kier molecular flexibility index (Phi) is 3.60. The first-order valence-corrected chi connectivity index (χ1v) is 7.06. The number of rotatable bonds is 3. The van der Waals surface area contributed by atoms with Crippen LogP contribution in [0.15, 0.2) is 0 Å². The number of amides is 1. The summed E-state index contributed by atoms with van der Waals surface area (Å²) in [5, 5.41) is 9.44. The second-order valence-electron chi connectivity index (χ2n) is 6.81. The number of carboxylic acids is 1. The first-order valence-electron chi connectivity index (χ1n) is 7.06. The van der Waals surface area contributed by atoms with Crippen molar-refractivity contribution in [3.8, 4) is 0 Å². The zero-order chi connectivity index (χ0) is 14.3. The molecule has 1 unspecified atom stereocenters. The van der Waals surface area contributed by atoms with E-state index < -0.39 is 12.0 Å². The van der Waals surface area contributed by atoms with E-state index in [9.17, 15) is 14.7 Å². The molecule has 1 amide bonds. The van der Waals surface area contributed by atoms with Gasteiger partial charge in [0.2, 0.25) is 5.91 Å². The van der Waals surface area contributed by atoms with E-state index in [4.69, 9.17) is 5.73 Å². The van der Waals surface area contributed by atoms with E-state index in [1.165, 1.54) is 0 Å². The fourth-order valence-corrected chi connectivity index (χ4v) is 3.34. The lowest BCUT2D eigenvalue weighted by atomic mass is 9.73. The van der Waals surface area contributed by atoms with Gasteiger partial charge in [-0.05, 0) is 37.5 Å². The third-order valence-electron chi connectivity index (χ3n) is 4.68. The van der Waals surface area contributed by atoms with Gasteiger partial charge in [0.1, 0.15) is 6.04 Å². The molecule has 0 aromatic rings. The quantitative estimate of drug-likeness (QED) is 0.809. The number of hydrogen-bond acceptors (Lipinski definition) is 3. The summed E-state index contributed by atoms with van der Waals surface area (Å²) < 4.78 is 0. The number of likely N-dealkylation sites (tertiary alicyclic amines) is 1. The third-order valence-corrected chi connectivity index (χ3v) is 4.68. The van der Waals surface area contributed by atoms with Crippen LogP contribution in [0.4, 0.5) is 0 Å². The lowest BCUT2D eigenvalue weighted by molar-refractivity contribution is -0.159. The molecule has 2 aliphatic rings. The van der Waals surface area contributed by atoms with Crippen molar-refractivity contribution in [1.29, 1.82) is 0 Å². The minimum Gasteiger partial charge on any atom is -0.480 e. The minimum absolute atomic E-state index is 0.0950. The standard InChI is InChI=1S/C14H24N2O3/c1-13(2)5-4-8-16(11(13)12(18)19)10(17)9-14(15)6-3-7-14/h11H,3-9,15H2,1-2H3,(H,18,19). The topological polar surface area (TPSA) is 83.6 Å². The number of aliphatic carboxylic acids is 1. The maximum atomic E-state index is 12.4. The third kappa shape index (κ3) is 2.76. The molecule has 5 nitrogen and oxygen atoms in total. The van der Waals surface area contributed by atoms with Crippen LogP contribution in [0.1, 0.15) is 52.4 Å². The molecule has 1 saturated heterocycles. The van der Waals surface area contributed by atoms with Crippen molar-refractivity contribution in [3.05, 3.63) is 0 Å². The summed E-state index contributed by atoms with van der Waals surface area (Å²) in [6, 6.07) is -0.725. The molecule has 19 heavy (non-hydrogen) atoms. The maximum absolute atomic E-state index is 12.4. The Bertz CT molecular complexity index is 388. The van der Waals surface area contributed by atoms with E-state index in [0.717, 1.165) is 32.1 Å². The largest absolute Gasteiger partial charge is 0.480 e. The first-order chi connectivity index (χ1) is 8.75. The Hall–Kier alpha value is -1.10. The summed E-state index contributed by atoms with van der Waals surface area (Å²) >= 11 is 0. The van der Waals surface area contributed by atoms with E-state index >= 15 is 0 Å². The summed E-state index contributed by atoms with van der Waals surface area (Å²) in [4.78, 5) is 25.4. The van der Waals surface area contributed by atoms with Crippen molar-refractivity contribution in [2.24, 2.45) is 11.1 Å². The average molecular weight is 268 g/mol. The molecule has 1 aliphatic heterocycles. The normalized spacial score (nSPS) is 28.6. The Morgan fingerprint density at radius 1 is 1.26 bits per heavy atom. The minimum atomic E-state index is -0.905. The van der Waals surface area contributed by atoms with Gasteiger partial charge in [-0.3, -0.25) is 4.79 Å². The molecule has 0 bridgehead atoms. The number of carbonyl (C=O) groups excluding carboxylic acids is 1. The van der Waals surface area contributed by atoms with Gasteiger partial charge in [0.25, 0.3) is 0 Å². The molecule has 5 heteroatoms. The van der Waals surface area contributed by atoms with Crippen molar-refractivity contribution in [2.45, 2.75) is 64.0 Å². The smallest absolute Gasteiger partial charge is 0.326 e. The van der Waals surface area contributed by atoms with Crippen molar-refractivity contribution in [1.82, 2.24) is 4.90 Å². The van der Waals surface area contributed by atoms with Crippen LogP contribution < -0.4 is 5.73 Å². The molecule has 2 fully saturated rings. The summed E-state index contributed by atoms with van der Waals surface area (Å²) in [5.41, 5.74) is 5.34. The van der Waals surface area contributed by atoms with E-state index in [1.807, 2.05) is 13.8 Å². The van der Waals surface area contributed by atoms with E-state index in [0.29, 0.717) is 6.54 Å². The van der Waals surface area contributed by atoms with Gasteiger partial charge in [-0.15, -0.1) is 0 Å². The predicted octanol–water partition coefficient (Wildman–Crippen LogP) is 1.36. The van der Waals surface area contributed by atoms with Gasteiger partial charge in [0, 0.05) is 18.5 Å². The Balaban J connectivity index is 2.12. The summed E-state index contributed by atoms with van der Waals surface area (Å²) in [6.07, 6.45) is 4.79. The van der Waals surface area contributed by atoms with Crippen LogP contribution in [0.25, 0.3) is 0 Å². The van der Waals surface area contributed by atoms with Gasteiger partial charge >= 0.3 is 5.97 Å². The van der Waals surface area contributed by atoms with Crippen molar-refractivity contribution in [3.63, 3.8) is 0 Å². The molecule has 1 saturated carbocycles. The average Bonchev–Trinajstić information content (AvgIpc) is 2.24. The lowest BCUT2D eigenvalue weighted by Crippen LogP contribution is -2.59. The second kappa shape index (κ2) is 4.78. The highest BCUT2D eigenvalue weighted by molar-refractivity contribution is 5.85. The summed E-state index contributed by atoms with van der Waals surface area (Å²) in [6.45, 7) is 4.38. The van der Waals surface area contributed by atoms with Crippen LogP contribution in [-0.4, -0.2) is 40.0 Å². The molecular weight excluding hydrogens is 244 g/mol. The zero-order valence-electron chi connectivity index (χ0n) is 11.8. The lowest BCUT2D eigenvalue weighted by Gasteiger charge is -2.46. The van der Waals surface area contributed by atoms with Crippen molar-refractivity contribution in [2.75, 3.05) is 6.54 Å². The predicted molar refractivity (Wildman–Crippen MR) is 71.5 cm³/mol. The van der Waals surface area contributed by atoms with Gasteiger partial charge in [-0.25, -0.2) is 4.79 Å². The molecule has 2 rings (SSSR count). The van der Waals surface area contributed by atoms with E-state index in [2.05, 4.69) is 0 Å². The number of piperidine rings is 1. The van der Waals surface area contributed by atoms with E-state index in [1.54, 1.807) is 4.90 Å². The molecule has 1 atom stereocenters. The number of nitrogens with two attached hydrogens (primary N) is 1. The van der Waals surface area contributed by atoms with Crippen LogP contribution in [0.3, 0.4) is 0 Å². The van der Waals surface area contributed by atoms with Gasteiger partial charge in [-0.2, -0.15) is 0 Å². The molecule has 3 N–H and O–H groups in total. The van der Waals surface area contributed by atoms with Crippen molar-refractivity contribution >= 4 is 11.9 Å². The molecule has 0 aromatic carbocycles. The molecule has 0 spiro atoms. The Morgan fingerprint density at radius 3 is 2.37 bits per heavy atom. The monoisotopic (exact) mass is 268 g/mol.